The van der Waals surface area contributed by atoms with Crippen molar-refractivity contribution in [2.75, 3.05) is 5.32 Å². The molecular formula is C18H12ClF2NO3S. The van der Waals surface area contributed by atoms with Crippen molar-refractivity contribution in [3.63, 3.8) is 0 Å². The van der Waals surface area contributed by atoms with Crippen LogP contribution in [0, 0.1) is 11.6 Å². The van der Waals surface area contributed by atoms with Gasteiger partial charge in [-0.3, -0.25) is 4.79 Å². The number of anilines is 1. The van der Waals surface area contributed by atoms with Gasteiger partial charge >= 0.3 is 5.97 Å². The maximum absolute atomic E-state index is 13.7. The molecule has 26 heavy (non-hydrogen) atoms. The van der Waals surface area contributed by atoms with Crippen LogP contribution in [0.3, 0.4) is 0 Å². The summed E-state index contributed by atoms with van der Waals surface area (Å²) in [5, 5.41) is 3.10. The number of hydrogen-bond donors (Lipinski definition) is 1. The Balaban J connectivity index is 1.68. The van der Waals surface area contributed by atoms with E-state index in [0.29, 0.717) is 5.39 Å². The van der Waals surface area contributed by atoms with E-state index < -0.39 is 29.6 Å². The van der Waals surface area contributed by atoms with Gasteiger partial charge in [-0.1, -0.05) is 11.6 Å². The number of benzene rings is 2. The lowest BCUT2D eigenvalue weighted by molar-refractivity contribution is -0.123. The van der Waals surface area contributed by atoms with E-state index in [9.17, 15) is 18.4 Å². The number of carbonyl (C=O) groups excluding carboxylic acids is 2. The molecule has 0 aliphatic carbocycles. The third kappa shape index (κ3) is 4.00. The summed E-state index contributed by atoms with van der Waals surface area (Å²) in [6, 6.07) is 9.45. The molecule has 1 heterocycles. The molecule has 1 amide bonds. The maximum Gasteiger partial charge on any atom is 0.349 e. The molecule has 0 unspecified atom stereocenters. The smallest absolute Gasteiger partial charge is 0.349 e. The van der Waals surface area contributed by atoms with Gasteiger partial charge in [-0.25, -0.2) is 13.6 Å². The molecule has 0 spiro atoms. The molecule has 8 heteroatoms. The Morgan fingerprint density at radius 1 is 1.15 bits per heavy atom. The molecular weight excluding hydrogens is 384 g/mol. The van der Waals surface area contributed by atoms with Crippen LogP contribution in [0.4, 0.5) is 14.5 Å². The van der Waals surface area contributed by atoms with Gasteiger partial charge in [0, 0.05) is 9.72 Å². The SMILES string of the molecule is C[C@@H](OC(=O)c1cc2cc(F)ccc2s1)C(=O)Nc1ccc(Cl)cc1F. The summed E-state index contributed by atoms with van der Waals surface area (Å²) >= 11 is 6.78. The highest BCUT2D eigenvalue weighted by atomic mass is 35.5. The molecule has 0 radical (unpaired) electrons. The standard InChI is InChI=1S/C18H12ClF2NO3S/c1-9(17(23)22-14-4-2-11(19)8-13(14)21)25-18(24)16-7-10-6-12(20)3-5-15(10)26-16/h2-9H,1H3,(H,22,23)/t9-/m1/s1. The summed E-state index contributed by atoms with van der Waals surface area (Å²) in [5.41, 5.74) is -0.0698. The monoisotopic (exact) mass is 395 g/mol. The zero-order valence-electron chi connectivity index (χ0n) is 13.4. The fourth-order valence-corrected chi connectivity index (χ4v) is 3.30. The number of nitrogens with one attached hydrogen (secondary N) is 1. The Hall–Kier alpha value is -2.51. The molecule has 134 valence electrons. The number of carbonyl (C=O) groups is 2. The zero-order valence-corrected chi connectivity index (χ0v) is 15.0. The van der Waals surface area contributed by atoms with E-state index in [-0.39, 0.29) is 15.6 Å². The Kier molecular flexibility index (Phi) is 5.20. The van der Waals surface area contributed by atoms with Gasteiger partial charge in [-0.05, 0) is 54.8 Å². The van der Waals surface area contributed by atoms with Crippen LogP contribution >= 0.6 is 22.9 Å². The van der Waals surface area contributed by atoms with Crippen LogP contribution in [0.15, 0.2) is 42.5 Å². The Morgan fingerprint density at radius 3 is 2.65 bits per heavy atom. The average molecular weight is 396 g/mol. The normalized spacial score (nSPS) is 12.0. The highest BCUT2D eigenvalue weighted by Gasteiger charge is 2.21. The van der Waals surface area contributed by atoms with E-state index in [2.05, 4.69) is 5.32 Å². The van der Waals surface area contributed by atoms with Gasteiger partial charge in [0.25, 0.3) is 5.91 Å². The summed E-state index contributed by atoms with van der Waals surface area (Å²) in [4.78, 5) is 24.5. The summed E-state index contributed by atoms with van der Waals surface area (Å²) in [5.74, 6) is -2.51. The molecule has 0 bridgehead atoms. The quantitative estimate of drug-likeness (QED) is 0.631. The van der Waals surface area contributed by atoms with E-state index in [1.54, 1.807) is 6.07 Å². The van der Waals surface area contributed by atoms with Gasteiger partial charge in [-0.2, -0.15) is 0 Å². The number of ether oxygens (including phenoxy) is 1. The van der Waals surface area contributed by atoms with E-state index in [1.165, 1.54) is 37.3 Å². The number of thiophene rings is 1. The first-order valence-electron chi connectivity index (χ1n) is 7.49. The van der Waals surface area contributed by atoms with Gasteiger partial charge in [0.2, 0.25) is 0 Å². The lowest BCUT2D eigenvalue weighted by atomic mass is 10.2. The minimum Gasteiger partial charge on any atom is -0.448 e. The molecule has 0 aliphatic heterocycles. The number of rotatable bonds is 4. The third-order valence-corrected chi connectivity index (χ3v) is 4.85. The molecule has 0 aliphatic rings. The maximum atomic E-state index is 13.7. The molecule has 3 aromatic rings. The Bertz CT molecular complexity index is 1010. The molecule has 0 saturated carbocycles. The van der Waals surface area contributed by atoms with Crippen LogP contribution in [-0.4, -0.2) is 18.0 Å². The number of fused-ring (bicyclic) bond motifs is 1. The first kappa shape index (κ1) is 18.3. The molecule has 2 aromatic carbocycles. The van der Waals surface area contributed by atoms with Crippen LogP contribution in [0.5, 0.6) is 0 Å². The second-order valence-corrected chi connectivity index (χ2v) is 6.97. The van der Waals surface area contributed by atoms with Gasteiger partial charge in [0.15, 0.2) is 6.10 Å². The minimum absolute atomic E-state index is 0.0698. The summed E-state index contributed by atoms with van der Waals surface area (Å²) in [7, 11) is 0. The van der Waals surface area contributed by atoms with Crippen molar-refractivity contribution < 1.29 is 23.1 Å². The van der Waals surface area contributed by atoms with E-state index in [1.807, 2.05) is 0 Å². The van der Waals surface area contributed by atoms with Crippen molar-refractivity contribution >= 4 is 50.6 Å². The molecule has 1 N–H and O–H groups in total. The van der Waals surface area contributed by atoms with Crippen LogP contribution in [0.2, 0.25) is 5.02 Å². The Labute approximate surface area is 156 Å². The van der Waals surface area contributed by atoms with E-state index in [4.69, 9.17) is 16.3 Å². The molecule has 0 saturated heterocycles. The van der Waals surface area contributed by atoms with E-state index in [0.717, 1.165) is 22.1 Å². The number of halogens is 3. The van der Waals surface area contributed by atoms with E-state index >= 15 is 0 Å². The number of esters is 1. The third-order valence-electron chi connectivity index (χ3n) is 3.52. The predicted octanol–water partition coefficient (Wildman–Crippen LogP) is 5.02. The van der Waals surface area contributed by atoms with Crippen molar-refractivity contribution in [3.8, 4) is 0 Å². The van der Waals surface area contributed by atoms with Gasteiger partial charge in [0.05, 0.1) is 5.69 Å². The molecule has 3 rings (SSSR count). The Morgan fingerprint density at radius 2 is 1.92 bits per heavy atom. The fourth-order valence-electron chi connectivity index (χ4n) is 2.21. The topological polar surface area (TPSA) is 55.4 Å². The van der Waals surface area contributed by atoms with Gasteiger partial charge in [-0.15, -0.1) is 11.3 Å². The van der Waals surface area contributed by atoms with Crippen LogP contribution in [-0.2, 0) is 9.53 Å². The van der Waals surface area contributed by atoms with Crippen LogP contribution < -0.4 is 5.32 Å². The molecule has 1 aromatic heterocycles. The average Bonchev–Trinajstić information content (AvgIpc) is 3.00. The number of hydrogen-bond acceptors (Lipinski definition) is 4. The summed E-state index contributed by atoms with van der Waals surface area (Å²) in [6.07, 6.45) is -1.15. The first-order valence-corrected chi connectivity index (χ1v) is 8.69. The van der Waals surface area contributed by atoms with Crippen molar-refractivity contribution in [2.24, 2.45) is 0 Å². The van der Waals surface area contributed by atoms with Crippen molar-refractivity contribution in [2.45, 2.75) is 13.0 Å². The van der Waals surface area contributed by atoms with Crippen LogP contribution in [0.25, 0.3) is 10.1 Å². The predicted molar refractivity (Wildman–Crippen MR) is 96.7 cm³/mol. The van der Waals surface area contributed by atoms with Gasteiger partial charge in [0.1, 0.15) is 16.5 Å². The first-order chi connectivity index (χ1) is 12.3. The second-order valence-electron chi connectivity index (χ2n) is 5.45. The van der Waals surface area contributed by atoms with Crippen molar-refractivity contribution in [1.29, 1.82) is 0 Å². The molecule has 4 nitrogen and oxygen atoms in total. The lowest BCUT2D eigenvalue weighted by Crippen LogP contribution is -2.30. The minimum atomic E-state index is -1.15. The largest absolute Gasteiger partial charge is 0.448 e. The van der Waals surface area contributed by atoms with Crippen LogP contribution in [0.1, 0.15) is 16.6 Å². The summed E-state index contributed by atoms with van der Waals surface area (Å²) < 4.78 is 32.8. The fraction of sp³-hybridized carbons (Fsp3) is 0.111. The highest BCUT2D eigenvalue weighted by Crippen LogP contribution is 2.27. The number of amides is 1. The highest BCUT2D eigenvalue weighted by molar-refractivity contribution is 7.20. The molecule has 0 fully saturated rings. The molecule has 1 atom stereocenters. The second kappa shape index (κ2) is 7.39. The summed E-state index contributed by atoms with van der Waals surface area (Å²) in [6.45, 7) is 1.37. The van der Waals surface area contributed by atoms with Crippen molar-refractivity contribution in [1.82, 2.24) is 0 Å². The lowest BCUT2D eigenvalue weighted by Gasteiger charge is -2.13. The van der Waals surface area contributed by atoms with Gasteiger partial charge < -0.3 is 10.1 Å². The zero-order chi connectivity index (χ0) is 18.8. The van der Waals surface area contributed by atoms with Crippen molar-refractivity contribution in [3.05, 3.63) is 64.0 Å².